The second kappa shape index (κ2) is 6.74. The van der Waals surface area contributed by atoms with Crippen molar-refractivity contribution in [3.05, 3.63) is 35.9 Å². The predicted molar refractivity (Wildman–Crippen MR) is 70.0 cm³/mol. The molecule has 1 heterocycles. The molecule has 1 N–H and O–H groups in total. The molecule has 0 unspecified atom stereocenters. The number of likely N-dealkylation sites (N-methyl/N-ethyl adjacent to an activating group) is 1. The van der Waals surface area contributed by atoms with Crippen molar-refractivity contribution in [1.29, 1.82) is 0 Å². The van der Waals surface area contributed by atoms with Gasteiger partial charge in [-0.05, 0) is 12.6 Å². The molecule has 1 aliphatic rings. The van der Waals surface area contributed by atoms with Gasteiger partial charge in [-0.15, -0.1) is 0 Å². The molecule has 1 atom stereocenters. The van der Waals surface area contributed by atoms with E-state index in [1.807, 2.05) is 6.07 Å². The van der Waals surface area contributed by atoms with Gasteiger partial charge in [0, 0.05) is 32.1 Å². The Morgan fingerprint density at radius 3 is 3.00 bits per heavy atom. The van der Waals surface area contributed by atoms with Crippen LogP contribution in [-0.4, -0.2) is 44.7 Å². The van der Waals surface area contributed by atoms with Crippen LogP contribution < -0.4 is 5.32 Å². The van der Waals surface area contributed by atoms with Crippen molar-refractivity contribution < 1.29 is 4.74 Å². The third kappa shape index (κ3) is 4.46. The van der Waals surface area contributed by atoms with Gasteiger partial charge in [0.1, 0.15) is 0 Å². The fourth-order valence-corrected chi connectivity index (χ4v) is 2.20. The lowest BCUT2D eigenvalue weighted by Gasteiger charge is -2.19. The number of benzene rings is 1. The minimum atomic E-state index is 0.603. The first-order valence-electron chi connectivity index (χ1n) is 6.35. The minimum Gasteiger partial charge on any atom is -0.376 e. The topological polar surface area (TPSA) is 24.5 Å². The van der Waals surface area contributed by atoms with Crippen LogP contribution in [0.4, 0.5) is 0 Å². The van der Waals surface area contributed by atoms with Crippen LogP contribution in [-0.2, 0) is 11.3 Å². The van der Waals surface area contributed by atoms with Crippen LogP contribution in [0.1, 0.15) is 5.56 Å². The third-order valence-electron chi connectivity index (χ3n) is 3.14. The highest BCUT2D eigenvalue weighted by molar-refractivity contribution is 5.13. The van der Waals surface area contributed by atoms with E-state index >= 15 is 0 Å². The van der Waals surface area contributed by atoms with Crippen LogP contribution >= 0.6 is 0 Å². The summed E-state index contributed by atoms with van der Waals surface area (Å²) in [5, 5.41) is 3.45. The Kier molecular flexibility index (Phi) is 4.98. The van der Waals surface area contributed by atoms with Gasteiger partial charge in [0.15, 0.2) is 0 Å². The Labute approximate surface area is 104 Å². The molecule has 0 spiro atoms. The zero-order valence-corrected chi connectivity index (χ0v) is 10.6. The van der Waals surface area contributed by atoms with Gasteiger partial charge in [-0.25, -0.2) is 0 Å². The highest BCUT2D eigenvalue weighted by atomic mass is 16.5. The Morgan fingerprint density at radius 2 is 2.18 bits per heavy atom. The van der Waals surface area contributed by atoms with Gasteiger partial charge in [-0.3, -0.25) is 0 Å². The van der Waals surface area contributed by atoms with E-state index in [-0.39, 0.29) is 0 Å². The van der Waals surface area contributed by atoms with E-state index in [4.69, 9.17) is 4.74 Å². The molecule has 1 fully saturated rings. The van der Waals surface area contributed by atoms with Crippen LogP contribution in [0.15, 0.2) is 30.3 Å². The number of rotatable bonds is 4. The van der Waals surface area contributed by atoms with Gasteiger partial charge >= 0.3 is 0 Å². The monoisotopic (exact) mass is 234 g/mol. The van der Waals surface area contributed by atoms with Gasteiger partial charge in [0.25, 0.3) is 0 Å². The molecule has 1 aromatic rings. The molecule has 17 heavy (non-hydrogen) atoms. The summed E-state index contributed by atoms with van der Waals surface area (Å²) in [6.07, 6.45) is 0. The van der Waals surface area contributed by atoms with Crippen molar-refractivity contribution in [3.8, 4) is 0 Å². The van der Waals surface area contributed by atoms with E-state index < -0.39 is 0 Å². The molecule has 0 amide bonds. The fourth-order valence-electron chi connectivity index (χ4n) is 2.20. The number of nitrogens with zero attached hydrogens (tertiary/aromatic N) is 1. The minimum absolute atomic E-state index is 0.603. The summed E-state index contributed by atoms with van der Waals surface area (Å²) in [6, 6.07) is 10.4. The molecule has 0 radical (unpaired) electrons. The van der Waals surface area contributed by atoms with Crippen molar-refractivity contribution in [2.75, 3.05) is 39.8 Å². The Morgan fingerprint density at radius 1 is 1.35 bits per heavy atom. The molecule has 1 aliphatic heterocycles. The average Bonchev–Trinajstić information content (AvgIpc) is 2.55. The second-order valence-corrected chi connectivity index (χ2v) is 4.83. The molecule has 3 nitrogen and oxygen atoms in total. The Bertz CT molecular complexity index is 315. The van der Waals surface area contributed by atoms with Crippen molar-refractivity contribution in [1.82, 2.24) is 10.2 Å². The smallest absolute Gasteiger partial charge is 0.0717 e. The maximum absolute atomic E-state index is 5.80. The van der Waals surface area contributed by atoms with Gasteiger partial charge in [0.05, 0.1) is 13.2 Å². The van der Waals surface area contributed by atoms with Crippen molar-refractivity contribution in [3.63, 3.8) is 0 Å². The molecule has 0 saturated carbocycles. The van der Waals surface area contributed by atoms with Crippen molar-refractivity contribution >= 4 is 0 Å². The summed E-state index contributed by atoms with van der Waals surface area (Å²) in [5.41, 5.74) is 1.25. The van der Waals surface area contributed by atoms with E-state index in [2.05, 4.69) is 41.5 Å². The molecule has 94 valence electrons. The maximum atomic E-state index is 5.80. The SMILES string of the molecule is CN1CCNC[C@@H](COCc2ccccc2)C1. The fraction of sp³-hybridized carbons (Fsp3) is 0.571. The number of ether oxygens (including phenoxy) is 1. The predicted octanol–water partition coefficient (Wildman–Crippen LogP) is 1.35. The highest BCUT2D eigenvalue weighted by Gasteiger charge is 2.15. The van der Waals surface area contributed by atoms with E-state index in [0.29, 0.717) is 5.92 Å². The molecule has 0 aromatic heterocycles. The van der Waals surface area contributed by atoms with Crippen LogP contribution in [0.2, 0.25) is 0 Å². The first-order valence-corrected chi connectivity index (χ1v) is 6.35. The summed E-state index contributed by atoms with van der Waals surface area (Å²) in [4.78, 5) is 2.37. The Balaban J connectivity index is 1.70. The van der Waals surface area contributed by atoms with Crippen LogP contribution in [0, 0.1) is 5.92 Å². The first kappa shape index (κ1) is 12.6. The van der Waals surface area contributed by atoms with Gasteiger partial charge in [-0.2, -0.15) is 0 Å². The largest absolute Gasteiger partial charge is 0.376 e. The summed E-state index contributed by atoms with van der Waals surface area (Å²) >= 11 is 0. The normalized spacial score (nSPS) is 22.3. The zero-order chi connectivity index (χ0) is 11.9. The molecule has 0 aliphatic carbocycles. The number of hydrogen-bond acceptors (Lipinski definition) is 3. The summed E-state index contributed by atoms with van der Waals surface area (Å²) in [6.45, 7) is 5.98. The Hall–Kier alpha value is -0.900. The lowest BCUT2D eigenvalue weighted by atomic mass is 10.1. The number of hydrogen-bond donors (Lipinski definition) is 1. The van der Waals surface area contributed by atoms with E-state index in [0.717, 1.165) is 39.4 Å². The third-order valence-corrected chi connectivity index (χ3v) is 3.14. The summed E-state index contributed by atoms with van der Waals surface area (Å²) in [5.74, 6) is 0.603. The van der Waals surface area contributed by atoms with E-state index in [1.165, 1.54) is 5.56 Å². The van der Waals surface area contributed by atoms with E-state index in [9.17, 15) is 0 Å². The number of nitrogens with one attached hydrogen (secondary N) is 1. The second-order valence-electron chi connectivity index (χ2n) is 4.83. The molecule has 3 heteroatoms. The molecule has 2 rings (SSSR count). The maximum Gasteiger partial charge on any atom is 0.0717 e. The molecular weight excluding hydrogens is 212 g/mol. The van der Waals surface area contributed by atoms with E-state index in [1.54, 1.807) is 0 Å². The molecular formula is C14H22N2O. The van der Waals surface area contributed by atoms with Gasteiger partial charge < -0.3 is 15.0 Å². The van der Waals surface area contributed by atoms with Crippen molar-refractivity contribution in [2.24, 2.45) is 5.92 Å². The standard InChI is InChI=1S/C14H22N2O/c1-16-8-7-15-9-14(10-16)12-17-11-13-5-3-2-4-6-13/h2-6,14-15H,7-12H2,1H3/t14-/m1/s1. The molecule has 0 bridgehead atoms. The van der Waals surface area contributed by atoms with Gasteiger partial charge in [-0.1, -0.05) is 30.3 Å². The van der Waals surface area contributed by atoms with Crippen LogP contribution in [0.3, 0.4) is 0 Å². The summed E-state index contributed by atoms with van der Waals surface area (Å²) in [7, 11) is 2.18. The van der Waals surface area contributed by atoms with Crippen LogP contribution in [0.25, 0.3) is 0 Å². The summed E-state index contributed by atoms with van der Waals surface area (Å²) < 4.78 is 5.80. The average molecular weight is 234 g/mol. The molecule has 1 saturated heterocycles. The zero-order valence-electron chi connectivity index (χ0n) is 10.6. The quantitative estimate of drug-likeness (QED) is 0.851. The van der Waals surface area contributed by atoms with Crippen molar-refractivity contribution in [2.45, 2.75) is 6.61 Å². The van der Waals surface area contributed by atoms with Gasteiger partial charge in [0.2, 0.25) is 0 Å². The molecule has 1 aromatic carbocycles. The lowest BCUT2D eigenvalue weighted by molar-refractivity contribution is 0.0797. The first-order chi connectivity index (χ1) is 8.34. The lowest BCUT2D eigenvalue weighted by Crippen LogP contribution is -2.29. The highest BCUT2D eigenvalue weighted by Crippen LogP contribution is 2.06. The van der Waals surface area contributed by atoms with Crippen LogP contribution in [0.5, 0.6) is 0 Å².